The van der Waals surface area contributed by atoms with E-state index in [9.17, 15) is 26.0 Å². The van der Waals surface area contributed by atoms with E-state index in [0.717, 1.165) is 24.5 Å². The lowest BCUT2D eigenvalue weighted by atomic mass is 10.2. The van der Waals surface area contributed by atoms with Gasteiger partial charge in [-0.15, -0.1) is 0 Å². The first-order valence-corrected chi connectivity index (χ1v) is 8.87. The first-order chi connectivity index (χ1) is 12.7. The number of halogens is 4. The lowest BCUT2D eigenvalue weighted by Crippen LogP contribution is -2.15. The van der Waals surface area contributed by atoms with Crippen molar-refractivity contribution in [2.24, 2.45) is 0 Å². The molecule has 2 N–H and O–H groups in total. The van der Waals surface area contributed by atoms with Crippen LogP contribution in [0.25, 0.3) is 10.9 Å². The van der Waals surface area contributed by atoms with Crippen molar-refractivity contribution in [3.63, 3.8) is 0 Å². The van der Waals surface area contributed by atoms with Crippen molar-refractivity contribution in [2.45, 2.75) is 17.7 Å². The van der Waals surface area contributed by atoms with E-state index >= 15 is 0 Å². The van der Waals surface area contributed by atoms with Gasteiger partial charge >= 0.3 is 0 Å². The molecule has 0 aliphatic rings. The molecule has 3 aromatic rings. The molecule has 0 saturated heterocycles. The second-order valence-corrected chi connectivity index (χ2v) is 7.02. The molecular weight excluding hydrogens is 392 g/mol. The van der Waals surface area contributed by atoms with E-state index in [4.69, 9.17) is 4.74 Å². The molecule has 144 valence electrons. The second-order valence-electron chi connectivity index (χ2n) is 5.37. The number of nitrogens with one attached hydrogen (secondary N) is 2. The predicted molar refractivity (Wildman–Crippen MR) is 87.3 cm³/mol. The molecule has 0 aliphatic heterocycles. The lowest BCUT2D eigenvalue weighted by Gasteiger charge is -2.10. The Kier molecular flexibility index (Phi) is 4.91. The minimum atomic E-state index is -4.29. The molecule has 0 atom stereocenters. The molecule has 0 aliphatic carbocycles. The van der Waals surface area contributed by atoms with Gasteiger partial charge in [0, 0.05) is 29.8 Å². The van der Waals surface area contributed by atoms with E-state index < -0.39 is 40.5 Å². The molecule has 3 rings (SSSR count). The predicted octanol–water partition coefficient (Wildman–Crippen LogP) is 2.85. The first kappa shape index (κ1) is 18.9. The fourth-order valence-electron chi connectivity index (χ4n) is 2.43. The summed E-state index contributed by atoms with van der Waals surface area (Å²) in [5, 5.41) is -0.0808. The number of nitrogens with zero attached hydrogens (tertiary/aromatic N) is 2. The average Bonchev–Trinajstić information content (AvgIpc) is 3.04. The number of hydrogen-bond donors (Lipinski definition) is 2. The van der Waals surface area contributed by atoms with E-state index in [1.165, 1.54) is 7.11 Å². The number of alkyl halides is 2. The molecular formula is C15H12F4N4O3S. The average molecular weight is 404 g/mol. The third kappa shape index (κ3) is 3.65. The molecule has 2 aromatic heterocycles. The summed E-state index contributed by atoms with van der Waals surface area (Å²) >= 11 is 0. The molecule has 0 bridgehead atoms. The summed E-state index contributed by atoms with van der Waals surface area (Å²) in [5.74, 6) is -3.00. The zero-order valence-electron chi connectivity index (χ0n) is 13.6. The summed E-state index contributed by atoms with van der Waals surface area (Å²) in [4.78, 5) is 9.43. The highest BCUT2D eigenvalue weighted by Gasteiger charge is 2.23. The summed E-state index contributed by atoms with van der Waals surface area (Å²) < 4.78 is 84.1. The molecule has 2 heterocycles. The SMILES string of the molecule is COc1nc(NS(=O)(=O)c2c[nH]c3c(F)c(F)ccc23)ncc1CC(F)F. The second kappa shape index (κ2) is 7.02. The van der Waals surface area contributed by atoms with Crippen LogP contribution in [0, 0.1) is 11.6 Å². The molecule has 0 amide bonds. The van der Waals surface area contributed by atoms with Gasteiger partial charge in [-0.1, -0.05) is 0 Å². The topological polar surface area (TPSA) is 97.0 Å². The van der Waals surface area contributed by atoms with Crippen molar-refractivity contribution in [1.29, 1.82) is 0 Å². The van der Waals surface area contributed by atoms with Gasteiger partial charge in [0.15, 0.2) is 11.6 Å². The minimum Gasteiger partial charge on any atom is -0.481 e. The van der Waals surface area contributed by atoms with Crippen molar-refractivity contribution in [2.75, 3.05) is 11.8 Å². The van der Waals surface area contributed by atoms with Crippen molar-refractivity contribution >= 4 is 26.9 Å². The number of fused-ring (bicyclic) bond motifs is 1. The Morgan fingerprint density at radius 1 is 1.30 bits per heavy atom. The van der Waals surface area contributed by atoms with Crippen LogP contribution in [0.15, 0.2) is 29.4 Å². The van der Waals surface area contributed by atoms with Gasteiger partial charge in [-0.25, -0.2) is 35.7 Å². The smallest absolute Gasteiger partial charge is 0.266 e. The Balaban J connectivity index is 1.97. The van der Waals surface area contributed by atoms with E-state index in [1.54, 1.807) is 0 Å². The van der Waals surface area contributed by atoms with E-state index in [1.807, 2.05) is 4.72 Å². The van der Waals surface area contributed by atoms with Crippen molar-refractivity contribution < 1.29 is 30.7 Å². The van der Waals surface area contributed by atoms with Gasteiger partial charge in [-0.05, 0) is 12.1 Å². The van der Waals surface area contributed by atoms with Crippen LogP contribution in [0.2, 0.25) is 0 Å². The van der Waals surface area contributed by atoms with Crippen molar-refractivity contribution in [1.82, 2.24) is 15.0 Å². The number of aromatic nitrogens is 3. The van der Waals surface area contributed by atoms with Crippen LogP contribution in [0.5, 0.6) is 5.88 Å². The van der Waals surface area contributed by atoms with Crippen LogP contribution in [0.4, 0.5) is 23.5 Å². The van der Waals surface area contributed by atoms with Crippen molar-refractivity contribution in [3.05, 3.63) is 41.7 Å². The molecule has 27 heavy (non-hydrogen) atoms. The largest absolute Gasteiger partial charge is 0.481 e. The van der Waals surface area contributed by atoms with Crippen LogP contribution in [0.3, 0.4) is 0 Å². The number of ether oxygens (including phenoxy) is 1. The van der Waals surface area contributed by atoms with Crippen LogP contribution in [0.1, 0.15) is 5.56 Å². The number of aromatic amines is 1. The van der Waals surface area contributed by atoms with Crippen LogP contribution in [-0.2, 0) is 16.4 Å². The Hall–Kier alpha value is -2.89. The van der Waals surface area contributed by atoms with Gasteiger partial charge in [-0.3, -0.25) is 0 Å². The lowest BCUT2D eigenvalue weighted by molar-refractivity contribution is 0.147. The molecule has 0 saturated carbocycles. The van der Waals surface area contributed by atoms with Gasteiger partial charge in [0.05, 0.1) is 12.6 Å². The maximum absolute atomic E-state index is 13.8. The van der Waals surface area contributed by atoms with Crippen LogP contribution < -0.4 is 9.46 Å². The third-order valence-corrected chi connectivity index (χ3v) is 4.98. The number of H-pyrrole nitrogens is 1. The highest BCUT2D eigenvalue weighted by molar-refractivity contribution is 7.93. The van der Waals surface area contributed by atoms with Gasteiger partial charge < -0.3 is 9.72 Å². The van der Waals surface area contributed by atoms with E-state index in [-0.39, 0.29) is 27.2 Å². The summed E-state index contributed by atoms with van der Waals surface area (Å²) in [7, 11) is -3.10. The van der Waals surface area contributed by atoms with Crippen LogP contribution >= 0.6 is 0 Å². The van der Waals surface area contributed by atoms with E-state index in [0.29, 0.717) is 0 Å². The summed E-state index contributed by atoms with van der Waals surface area (Å²) in [6.45, 7) is 0. The third-order valence-electron chi connectivity index (χ3n) is 3.62. The van der Waals surface area contributed by atoms with Gasteiger partial charge in [-0.2, -0.15) is 4.98 Å². The molecule has 0 radical (unpaired) electrons. The van der Waals surface area contributed by atoms with Crippen molar-refractivity contribution in [3.8, 4) is 5.88 Å². The van der Waals surface area contributed by atoms with Gasteiger partial charge in [0.1, 0.15) is 4.90 Å². The molecule has 0 fully saturated rings. The first-order valence-electron chi connectivity index (χ1n) is 7.39. The maximum Gasteiger partial charge on any atom is 0.266 e. The molecule has 0 spiro atoms. The highest BCUT2D eigenvalue weighted by atomic mass is 32.2. The number of benzene rings is 1. The van der Waals surface area contributed by atoms with Crippen LogP contribution in [-0.4, -0.2) is 36.9 Å². The fraction of sp³-hybridized carbons (Fsp3) is 0.200. The maximum atomic E-state index is 13.8. The fourth-order valence-corrected chi connectivity index (χ4v) is 3.56. The zero-order chi connectivity index (χ0) is 19.8. The van der Waals surface area contributed by atoms with Gasteiger partial charge in [0.25, 0.3) is 10.0 Å². The summed E-state index contributed by atoms with van der Waals surface area (Å²) in [5.41, 5.74) is -0.318. The quantitative estimate of drug-likeness (QED) is 0.616. The Labute approximate surface area is 150 Å². The monoisotopic (exact) mass is 404 g/mol. The van der Waals surface area contributed by atoms with E-state index in [2.05, 4.69) is 15.0 Å². The minimum absolute atomic E-state index is 0.0000819. The zero-order valence-corrected chi connectivity index (χ0v) is 14.4. The number of hydrogen-bond acceptors (Lipinski definition) is 5. The molecule has 0 unspecified atom stereocenters. The standard InChI is InChI=1S/C15H12F4N4O3S/c1-26-14-7(4-11(17)18)5-21-15(22-14)23-27(24,25)10-6-20-13-8(10)2-3-9(16)12(13)19/h2-3,5-6,11,20H,4H2,1H3,(H,21,22,23). The molecule has 12 heteroatoms. The molecule has 7 nitrogen and oxygen atoms in total. The Morgan fingerprint density at radius 3 is 2.70 bits per heavy atom. The number of methoxy groups -OCH3 is 1. The Bertz CT molecular complexity index is 1100. The summed E-state index contributed by atoms with van der Waals surface area (Å²) in [6, 6.07) is 1.90. The number of anilines is 1. The number of rotatable bonds is 6. The van der Waals surface area contributed by atoms with Gasteiger partial charge in [0.2, 0.25) is 18.3 Å². The molecule has 1 aromatic carbocycles. The number of sulfonamides is 1. The highest BCUT2D eigenvalue weighted by Crippen LogP contribution is 2.28. The normalized spacial score (nSPS) is 11.9. The Morgan fingerprint density at radius 2 is 2.04 bits per heavy atom. The summed E-state index contributed by atoms with van der Waals surface area (Å²) in [6.07, 6.45) is -1.33.